The molecular formula is C34H45N5O5S. The van der Waals surface area contributed by atoms with Crippen LogP contribution >= 0.6 is 11.8 Å². The number of aryl methyl sites for hydroxylation is 2. The Morgan fingerprint density at radius 3 is 2.47 bits per heavy atom. The Morgan fingerprint density at radius 1 is 0.978 bits per heavy atom. The molecule has 5 atom stereocenters. The number of hydrogen-bond donors (Lipinski definition) is 5. The molecule has 2 heterocycles. The van der Waals surface area contributed by atoms with Crippen molar-refractivity contribution in [1.29, 1.82) is 0 Å². The maximum atomic E-state index is 13.3. The van der Waals surface area contributed by atoms with E-state index in [0.717, 1.165) is 48.0 Å². The number of carbonyl (C=O) groups is 5. The lowest BCUT2D eigenvalue weighted by Gasteiger charge is -2.21. The van der Waals surface area contributed by atoms with E-state index < -0.39 is 18.0 Å². The topological polar surface area (TPSA) is 146 Å². The first-order valence-electron chi connectivity index (χ1n) is 15.9. The molecule has 0 radical (unpaired) electrons. The molecule has 2 fully saturated rings. The first kappa shape index (κ1) is 34.0. The molecule has 10 nitrogen and oxygen atoms in total. The number of nitrogens with one attached hydrogen (secondary N) is 5. The summed E-state index contributed by atoms with van der Waals surface area (Å²) in [6.07, 6.45) is 5.92. The van der Waals surface area contributed by atoms with E-state index in [-0.39, 0.29) is 36.3 Å². The highest BCUT2D eigenvalue weighted by molar-refractivity contribution is 8.00. The molecule has 2 aromatic carbocycles. The van der Waals surface area contributed by atoms with Crippen LogP contribution in [0.1, 0.15) is 72.0 Å². The molecular weight excluding hydrogens is 590 g/mol. The van der Waals surface area contributed by atoms with Crippen LogP contribution in [0.4, 0.5) is 4.79 Å². The van der Waals surface area contributed by atoms with Gasteiger partial charge in [0.2, 0.25) is 11.8 Å². The van der Waals surface area contributed by atoms with Crippen LogP contribution < -0.4 is 26.6 Å². The summed E-state index contributed by atoms with van der Waals surface area (Å²) in [5, 5.41) is 15.0. The minimum atomic E-state index is -0.857. The molecule has 5 N–H and O–H groups in total. The number of aldehydes is 1. The number of fused-ring (bicyclic) bond motifs is 1. The van der Waals surface area contributed by atoms with Gasteiger partial charge < -0.3 is 31.4 Å². The molecule has 0 spiro atoms. The number of carbonyl (C=O) groups excluding carboxylic acids is 5. The zero-order valence-corrected chi connectivity index (χ0v) is 26.9. The quantitative estimate of drug-likeness (QED) is 0.102. The second-order valence-corrected chi connectivity index (χ2v) is 13.3. The molecule has 0 bridgehead atoms. The molecule has 45 heavy (non-hydrogen) atoms. The maximum Gasteiger partial charge on any atom is 0.315 e. The minimum Gasteiger partial charge on any atom is -0.356 e. The van der Waals surface area contributed by atoms with Gasteiger partial charge in [-0.05, 0) is 63.6 Å². The Labute approximate surface area is 269 Å². The van der Waals surface area contributed by atoms with Crippen molar-refractivity contribution in [2.24, 2.45) is 0 Å². The summed E-state index contributed by atoms with van der Waals surface area (Å²) < 4.78 is 0. The second-order valence-electron chi connectivity index (χ2n) is 12.1. The summed E-state index contributed by atoms with van der Waals surface area (Å²) in [5.41, 5.74) is 3.28. The van der Waals surface area contributed by atoms with Crippen LogP contribution in [0.3, 0.4) is 0 Å². The van der Waals surface area contributed by atoms with Gasteiger partial charge in [-0.25, -0.2) is 4.79 Å². The number of thioether (sulfide) groups is 1. The third-order valence-corrected chi connectivity index (χ3v) is 9.73. The summed E-state index contributed by atoms with van der Waals surface area (Å²) in [5.74, 6) is 0.176. The number of rotatable bonds is 17. The normalized spacial score (nSPS) is 19.9. The smallest absolute Gasteiger partial charge is 0.315 e. The highest BCUT2D eigenvalue weighted by Crippen LogP contribution is 2.33. The maximum absolute atomic E-state index is 13.3. The van der Waals surface area contributed by atoms with Crippen molar-refractivity contribution in [2.45, 2.75) is 94.6 Å². The molecule has 2 aromatic rings. The first-order valence-corrected chi connectivity index (χ1v) is 16.9. The van der Waals surface area contributed by atoms with Crippen LogP contribution in [-0.2, 0) is 20.8 Å². The van der Waals surface area contributed by atoms with Gasteiger partial charge in [-0.3, -0.25) is 14.4 Å². The predicted molar refractivity (Wildman–Crippen MR) is 176 cm³/mol. The molecule has 2 aliphatic rings. The van der Waals surface area contributed by atoms with Crippen molar-refractivity contribution in [3.63, 3.8) is 0 Å². The van der Waals surface area contributed by atoms with E-state index in [9.17, 15) is 24.0 Å². The molecule has 0 aromatic heterocycles. The van der Waals surface area contributed by atoms with Crippen LogP contribution in [-0.4, -0.2) is 71.8 Å². The van der Waals surface area contributed by atoms with Gasteiger partial charge in [0.25, 0.3) is 5.91 Å². The molecule has 11 heteroatoms. The molecule has 0 aliphatic carbocycles. The zero-order chi connectivity index (χ0) is 32.2. The predicted octanol–water partition coefficient (Wildman–Crippen LogP) is 3.34. The molecule has 242 valence electrons. The number of hydrogen-bond acceptors (Lipinski definition) is 6. The van der Waals surface area contributed by atoms with Gasteiger partial charge in [0, 0.05) is 36.0 Å². The van der Waals surface area contributed by atoms with Crippen LogP contribution in [0, 0.1) is 13.8 Å². The van der Waals surface area contributed by atoms with E-state index in [0.29, 0.717) is 43.0 Å². The summed E-state index contributed by atoms with van der Waals surface area (Å²) in [6.45, 7) is 4.34. The molecule has 2 aliphatic heterocycles. The number of benzene rings is 2. The Bertz CT molecular complexity index is 1320. The van der Waals surface area contributed by atoms with Gasteiger partial charge in [0.1, 0.15) is 12.3 Å². The largest absolute Gasteiger partial charge is 0.356 e. The monoisotopic (exact) mass is 635 g/mol. The Balaban J connectivity index is 1.16. The third-order valence-electron chi connectivity index (χ3n) is 8.22. The third kappa shape index (κ3) is 10.6. The van der Waals surface area contributed by atoms with Crippen molar-refractivity contribution >= 4 is 41.8 Å². The van der Waals surface area contributed by atoms with E-state index in [1.54, 1.807) is 12.1 Å². The van der Waals surface area contributed by atoms with Crippen molar-refractivity contribution in [3.05, 3.63) is 70.8 Å². The average Bonchev–Trinajstić information content (AvgIpc) is 3.57. The molecule has 0 unspecified atom stereocenters. The van der Waals surface area contributed by atoms with E-state index in [1.807, 2.05) is 62.0 Å². The van der Waals surface area contributed by atoms with E-state index in [4.69, 9.17) is 0 Å². The Hall–Kier alpha value is -3.86. The molecule has 4 rings (SSSR count). The Kier molecular flexibility index (Phi) is 12.9. The Morgan fingerprint density at radius 2 is 1.73 bits per heavy atom. The fourth-order valence-corrected chi connectivity index (χ4v) is 7.49. The van der Waals surface area contributed by atoms with Crippen molar-refractivity contribution in [3.8, 4) is 0 Å². The number of amides is 5. The SMILES string of the molecule is Cc1cc(C)cc(C(=O)N[C@@H](Cc2ccccc2)C(=O)N[C@H](C=O)CCCCNC(=O)CCCC[C@@H]2SC[C@@H]3NC(=O)N[C@@H]32)c1. The van der Waals surface area contributed by atoms with Gasteiger partial charge in [-0.2, -0.15) is 11.8 Å². The number of urea groups is 1. The van der Waals surface area contributed by atoms with E-state index in [2.05, 4.69) is 26.6 Å². The van der Waals surface area contributed by atoms with Gasteiger partial charge >= 0.3 is 6.03 Å². The number of unbranched alkanes of at least 4 members (excludes halogenated alkanes) is 2. The van der Waals surface area contributed by atoms with Crippen LogP contribution in [0.5, 0.6) is 0 Å². The van der Waals surface area contributed by atoms with Crippen LogP contribution in [0.25, 0.3) is 0 Å². The van der Waals surface area contributed by atoms with E-state index in [1.165, 1.54) is 0 Å². The van der Waals surface area contributed by atoms with Crippen molar-refractivity contribution in [1.82, 2.24) is 26.6 Å². The molecule has 5 amide bonds. The van der Waals surface area contributed by atoms with Crippen LogP contribution in [0.2, 0.25) is 0 Å². The lowest BCUT2D eigenvalue weighted by atomic mass is 10.0. The second kappa shape index (κ2) is 17.0. The highest BCUT2D eigenvalue weighted by Gasteiger charge is 2.42. The van der Waals surface area contributed by atoms with Crippen molar-refractivity contribution < 1.29 is 24.0 Å². The summed E-state index contributed by atoms with van der Waals surface area (Å²) in [4.78, 5) is 62.0. The lowest BCUT2D eigenvalue weighted by Crippen LogP contribution is -2.51. The lowest BCUT2D eigenvalue weighted by molar-refractivity contribution is -0.125. The minimum absolute atomic E-state index is 0.00586. The summed E-state index contributed by atoms with van der Waals surface area (Å²) in [6, 6.07) is 13.7. The van der Waals surface area contributed by atoms with E-state index >= 15 is 0 Å². The average molecular weight is 636 g/mol. The van der Waals surface area contributed by atoms with Gasteiger partial charge in [0.15, 0.2) is 0 Å². The first-order chi connectivity index (χ1) is 21.7. The fourth-order valence-electron chi connectivity index (χ4n) is 5.94. The molecule has 2 saturated heterocycles. The standard InChI is InChI=1S/C34H45N5O5S/c1-22-16-23(2)18-25(17-22)32(42)37-27(19-24-10-4-3-5-11-24)33(43)36-26(20-40)12-8-9-15-35-30(41)14-7-6-13-29-31-28(21-45-29)38-34(44)39-31/h3-5,10-11,16-18,20,26-29,31H,6-9,12-15,19,21H2,1-2H3,(H,35,41)(H,36,43)(H,37,42)(H2,38,39,44)/t26-,27-,28-,29-,31-/m0/s1. The highest BCUT2D eigenvalue weighted by atomic mass is 32.2. The zero-order valence-electron chi connectivity index (χ0n) is 26.1. The molecule has 0 saturated carbocycles. The van der Waals surface area contributed by atoms with Gasteiger partial charge in [0.05, 0.1) is 18.1 Å². The summed E-state index contributed by atoms with van der Waals surface area (Å²) in [7, 11) is 0. The van der Waals surface area contributed by atoms with Crippen molar-refractivity contribution in [2.75, 3.05) is 12.3 Å². The van der Waals surface area contributed by atoms with Gasteiger partial charge in [-0.1, -0.05) is 53.9 Å². The van der Waals surface area contributed by atoms with Gasteiger partial charge in [-0.15, -0.1) is 0 Å². The fraction of sp³-hybridized carbons (Fsp3) is 0.500. The van der Waals surface area contributed by atoms with Crippen LogP contribution in [0.15, 0.2) is 48.5 Å². The summed E-state index contributed by atoms with van der Waals surface area (Å²) >= 11 is 1.88.